The SMILES string of the molecule is COc1cc(C#N)cc(Br)c1OCC(=O)NCCc1ccccc1. The number of nitriles is 1. The molecule has 124 valence electrons. The highest BCUT2D eigenvalue weighted by Crippen LogP contribution is 2.36. The Labute approximate surface area is 149 Å². The lowest BCUT2D eigenvalue weighted by atomic mass is 10.1. The maximum Gasteiger partial charge on any atom is 0.257 e. The topological polar surface area (TPSA) is 71.3 Å². The maximum atomic E-state index is 11.9. The number of carbonyl (C=O) groups excluding carboxylic acids is 1. The van der Waals surface area contributed by atoms with Crippen LogP contribution in [-0.2, 0) is 11.2 Å². The van der Waals surface area contributed by atoms with E-state index < -0.39 is 0 Å². The molecule has 0 heterocycles. The first kappa shape index (κ1) is 17.8. The Hall–Kier alpha value is -2.52. The summed E-state index contributed by atoms with van der Waals surface area (Å²) in [6.07, 6.45) is 0.760. The second-order valence-electron chi connectivity index (χ2n) is 4.98. The third kappa shape index (κ3) is 5.00. The van der Waals surface area contributed by atoms with Crippen molar-refractivity contribution >= 4 is 21.8 Å². The number of rotatable bonds is 7. The number of hydrogen-bond acceptors (Lipinski definition) is 4. The minimum atomic E-state index is -0.218. The molecule has 0 aliphatic carbocycles. The van der Waals surface area contributed by atoms with Gasteiger partial charge in [0.15, 0.2) is 18.1 Å². The molecular weight excluding hydrogens is 372 g/mol. The number of amides is 1. The van der Waals surface area contributed by atoms with Gasteiger partial charge in [0.2, 0.25) is 0 Å². The van der Waals surface area contributed by atoms with Gasteiger partial charge in [-0.1, -0.05) is 30.3 Å². The summed E-state index contributed by atoms with van der Waals surface area (Å²) >= 11 is 3.33. The Bertz CT molecular complexity index is 742. The van der Waals surface area contributed by atoms with Crippen molar-refractivity contribution in [3.05, 3.63) is 58.1 Å². The van der Waals surface area contributed by atoms with Crippen LogP contribution in [-0.4, -0.2) is 26.2 Å². The lowest BCUT2D eigenvalue weighted by Crippen LogP contribution is -2.30. The second kappa shape index (κ2) is 8.94. The third-order valence-electron chi connectivity index (χ3n) is 3.28. The number of nitrogens with one attached hydrogen (secondary N) is 1. The van der Waals surface area contributed by atoms with E-state index in [9.17, 15) is 4.79 Å². The maximum absolute atomic E-state index is 11.9. The molecule has 0 bridgehead atoms. The molecule has 2 aromatic rings. The Kier molecular flexibility index (Phi) is 6.64. The number of hydrogen-bond donors (Lipinski definition) is 1. The molecule has 0 saturated heterocycles. The highest BCUT2D eigenvalue weighted by Gasteiger charge is 2.13. The molecule has 0 aliphatic rings. The molecule has 1 amide bonds. The van der Waals surface area contributed by atoms with Crippen LogP contribution in [0, 0.1) is 11.3 Å². The normalized spacial score (nSPS) is 9.88. The van der Waals surface area contributed by atoms with Gasteiger partial charge in [0.25, 0.3) is 5.91 Å². The summed E-state index contributed by atoms with van der Waals surface area (Å²) in [6.45, 7) is 0.410. The monoisotopic (exact) mass is 388 g/mol. The lowest BCUT2D eigenvalue weighted by Gasteiger charge is -2.13. The smallest absolute Gasteiger partial charge is 0.257 e. The van der Waals surface area contributed by atoms with Crippen molar-refractivity contribution in [1.29, 1.82) is 5.26 Å². The van der Waals surface area contributed by atoms with Crippen molar-refractivity contribution in [2.45, 2.75) is 6.42 Å². The predicted octanol–water partition coefficient (Wildman–Crippen LogP) is 3.07. The first-order chi connectivity index (χ1) is 11.6. The van der Waals surface area contributed by atoms with Gasteiger partial charge in [-0.2, -0.15) is 5.26 Å². The first-order valence-electron chi connectivity index (χ1n) is 7.35. The standard InChI is InChI=1S/C18H17BrN2O3/c1-23-16-10-14(11-20)9-15(19)18(16)24-12-17(22)21-8-7-13-5-3-2-4-6-13/h2-6,9-10H,7-8,12H2,1H3,(H,21,22). The van der Waals surface area contributed by atoms with E-state index in [-0.39, 0.29) is 12.5 Å². The fourth-order valence-electron chi connectivity index (χ4n) is 2.10. The van der Waals surface area contributed by atoms with Gasteiger partial charge in [0.05, 0.1) is 23.2 Å². The van der Waals surface area contributed by atoms with E-state index in [2.05, 4.69) is 21.2 Å². The van der Waals surface area contributed by atoms with E-state index in [1.54, 1.807) is 12.1 Å². The van der Waals surface area contributed by atoms with Crippen molar-refractivity contribution in [3.8, 4) is 17.6 Å². The van der Waals surface area contributed by atoms with Gasteiger partial charge >= 0.3 is 0 Å². The number of halogens is 1. The number of benzene rings is 2. The molecule has 0 aliphatic heterocycles. The molecule has 0 atom stereocenters. The van der Waals surface area contributed by atoms with Crippen LogP contribution in [0.5, 0.6) is 11.5 Å². The van der Waals surface area contributed by atoms with Gasteiger partial charge in [-0.05, 0) is 34.0 Å². The second-order valence-corrected chi connectivity index (χ2v) is 5.83. The summed E-state index contributed by atoms with van der Waals surface area (Å²) < 4.78 is 11.3. The Morgan fingerprint density at radius 2 is 2.04 bits per heavy atom. The summed E-state index contributed by atoms with van der Waals surface area (Å²) in [7, 11) is 1.48. The molecule has 2 rings (SSSR count). The van der Waals surface area contributed by atoms with Crippen molar-refractivity contribution in [2.24, 2.45) is 0 Å². The average Bonchev–Trinajstić information content (AvgIpc) is 2.60. The molecule has 24 heavy (non-hydrogen) atoms. The molecule has 2 aromatic carbocycles. The van der Waals surface area contributed by atoms with Crippen LogP contribution in [0.3, 0.4) is 0 Å². The predicted molar refractivity (Wildman–Crippen MR) is 94.1 cm³/mol. The molecule has 0 aromatic heterocycles. The van der Waals surface area contributed by atoms with Crippen molar-refractivity contribution in [1.82, 2.24) is 5.32 Å². The number of ether oxygens (including phenoxy) is 2. The average molecular weight is 389 g/mol. The van der Waals surface area contributed by atoms with Crippen molar-refractivity contribution < 1.29 is 14.3 Å². The largest absolute Gasteiger partial charge is 0.493 e. The number of carbonyl (C=O) groups is 1. The van der Waals surface area contributed by atoms with Crippen LogP contribution >= 0.6 is 15.9 Å². The van der Waals surface area contributed by atoms with E-state index >= 15 is 0 Å². The molecule has 5 nitrogen and oxygen atoms in total. The molecule has 0 saturated carbocycles. The molecule has 1 N–H and O–H groups in total. The molecule has 0 unspecified atom stereocenters. The number of methoxy groups -OCH3 is 1. The van der Waals surface area contributed by atoms with Crippen LogP contribution in [0.4, 0.5) is 0 Å². The number of nitrogens with zero attached hydrogens (tertiary/aromatic N) is 1. The minimum Gasteiger partial charge on any atom is -0.493 e. The Balaban J connectivity index is 1.86. The Morgan fingerprint density at radius 1 is 1.29 bits per heavy atom. The van der Waals surface area contributed by atoms with E-state index in [0.717, 1.165) is 12.0 Å². The summed E-state index contributed by atoms with van der Waals surface area (Å²) in [6, 6.07) is 15.1. The van der Waals surface area contributed by atoms with E-state index in [4.69, 9.17) is 14.7 Å². The van der Waals surface area contributed by atoms with Gasteiger partial charge in [-0.15, -0.1) is 0 Å². The van der Waals surface area contributed by atoms with Gasteiger partial charge in [-0.25, -0.2) is 0 Å². The van der Waals surface area contributed by atoms with E-state index in [1.807, 2.05) is 36.4 Å². The molecule has 0 spiro atoms. The summed E-state index contributed by atoms with van der Waals surface area (Å²) in [4.78, 5) is 11.9. The molecule has 6 heteroatoms. The van der Waals surface area contributed by atoms with E-state index in [0.29, 0.717) is 28.1 Å². The van der Waals surface area contributed by atoms with Crippen LogP contribution in [0.25, 0.3) is 0 Å². The zero-order chi connectivity index (χ0) is 17.4. The lowest BCUT2D eigenvalue weighted by molar-refractivity contribution is -0.123. The van der Waals surface area contributed by atoms with Crippen LogP contribution < -0.4 is 14.8 Å². The third-order valence-corrected chi connectivity index (χ3v) is 3.87. The van der Waals surface area contributed by atoms with Crippen LogP contribution in [0.15, 0.2) is 46.9 Å². The van der Waals surface area contributed by atoms with Gasteiger partial charge in [0, 0.05) is 12.6 Å². The first-order valence-corrected chi connectivity index (χ1v) is 8.14. The summed E-state index contributed by atoms with van der Waals surface area (Å²) in [5.41, 5.74) is 1.61. The van der Waals surface area contributed by atoms with Crippen molar-refractivity contribution in [3.63, 3.8) is 0 Å². The summed E-state index contributed by atoms with van der Waals surface area (Å²) in [5.74, 6) is 0.581. The van der Waals surface area contributed by atoms with Gasteiger partial charge < -0.3 is 14.8 Å². The Morgan fingerprint density at radius 3 is 2.71 bits per heavy atom. The fourth-order valence-corrected chi connectivity index (χ4v) is 2.66. The highest BCUT2D eigenvalue weighted by molar-refractivity contribution is 9.10. The fraction of sp³-hybridized carbons (Fsp3) is 0.222. The molecule has 0 radical (unpaired) electrons. The highest BCUT2D eigenvalue weighted by atomic mass is 79.9. The van der Waals surface area contributed by atoms with Crippen LogP contribution in [0.1, 0.15) is 11.1 Å². The van der Waals surface area contributed by atoms with Crippen LogP contribution in [0.2, 0.25) is 0 Å². The minimum absolute atomic E-state index is 0.129. The zero-order valence-corrected chi connectivity index (χ0v) is 14.8. The zero-order valence-electron chi connectivity index (χ0n) is 13.2. The van der Waals surface area contributed by atoms with Gasteiger partial charge in [-0.3, -0.25) is 4.79 Å². The van der Waals surface area contributed by atoms with Gasteiger partial charge in [0.1, 0.15) is 0 Å². The molecular formula is C18H17BrN2O3. The van der Waals surface area contributed by atoms with Crippen molar-refractivity contribution in [2.75, 3.05) is 20.3 Å². The summed E-state index contributed by atoms with van der Waals surface area (Å²) in [5, 5.41) is 11.8. The molecule has 0 fully saturated rings. The van der Waals surface area contributed by atoms with E-state index in [1.165, 1.54) is 7.11 Å². The quantitative estimate of drug-likeness (QED) is 0.790.